The third-order valence-corrected chi connectivity index (χ3v) is 3.25. The Bertz CT molecular complexity index is 254. The fourth-order valence-corrected chi connectivity index (χ4v) is 1.90. The first-order valence-corrected chi connectivity index (χ1v) is 5.92. The quantitative estimate of drug-likeness (QED) is 0.348. The maximum atomic E-state index is 10.4. The Kier molecular flexibility index (Phi) is 4.90. The van der Waals surface area contributed by atoms with E-state index in [4.69, 9.17) is 16.6 Å². The van der Waals surface area contributed by atoms with E-state index < -0.39 is 12.0 Å². The van der Waals surface area contributed by atoms with E-state index in [1.54, 1.807) is 11.8 Å². The molecular formula is C9H17N3O2S. The molecule has 0 unspecified atom stereocenters. The van der Waals surface area contributed by atoms with Crippen molar-refractivity contribution in [2.45, 2.75) is 37.0 Å². The number of nitrogens with two attached hydrogens (primary N) is 2. The molecule has 5 N–H and O–H groups in total. The minimum absolute atomic E-state index is 0.445. The summed E-state index contributed by atoms with van der Waals surface area (Å²) in [6, 6.07) is -0.780. The summed E-state index contributed by atoms with van der Waals surface area (Å²) >= 11 is 1.61. The number of aliphatic imine (C=N–C) groups is 1. The Balaban J connectivity index is 2.06. The molecule has 86 valence electrons. The van der Waals surface area contributed by atoms with Crippen molar-refractivity contribution < 1.29 is 9.90 Å². The second-order valence-electron chi connectivity index (χ2n) is 3.62. The summed E-state index contributed by atoms with van der Waals surface area (Å²) in [5, 5.41) is 9.80. The number of thioether (sulfide) groups is 1. The van der Waals surface area contributed by atoms with Crippen LogP contribution in [-0.2, 0) is 4.79 Å². The molecule has 6 heteroatoms. The smallest absolute Gasteiger partial charge is 0.320 e. The van der Waals surface area contributed by atoms with Crippen LogP contribution >= 0.6 is 11.8 Å². The zero-order valence-corrected chi connectivity index (χ0v) is 9.37. The number of nitrogens with zero attached hydrogens (tertiary/aromatic N) is 1. The largest absolute Gasteiger partial charge is 0.480 e. The molecular weight excluding hydrogens is 214 g/mol. The monoisotopic (exact) mass is 231 g/mol. The zero-order chi connectivity index (χ0) is 11.3. The highest BCUT2D eigenvalue weighted by molar-refractivity contribution is 8.14. The molecule has 0 saturated heterocycles. The minimum atomic E-state index is -0.959. The van der Waals surface area contributed by atoms with Gasteiger partial charge < -0.3 is 16.6 Å². The van der Waals surface area contributed by atoms with Crippen molar-refractivity contribution in [2.24, 2.45) is 16.5 Å². The second-order valence-corrected chi connectivity index (χ2v) is 4.94. The summed E-state index contributed by atoms with van der Waals surface area (Å²) in [4.78, 5) is 14.5. The third-order valence-electron chi connectivity index (χ3n) is 2.07. The molecule has 0 aromatic rings. The summed E-state index contributed by atoms with van der Waals surface area (Å²) in [7, 11) is 0. The molecule has 1 rings (SSSR count). The van der Waals surface area contributed by atoms with Crippen LogP contribution in [-0.4, -0.2) is 34.1 Å². The van der Waals surface area contributed by atoms with Crippen LogP contribution in [0.5, 0.6) is 0 Å². The first kappa shape index (κ1) is 12.3. The van der Waals surface area contributed by atoms with Crippen molar-refractivity contribution in [3.05, 3.63) is 0 Å². The predicted molar refractivity (Wildman–Crippen MR) is 61.9 cm³/mol. The number of rotatable bonds is 6. The van der Waals surface area contributed by atoms with Crippen LogP contribution in [0, 0.1) is 0 Å². The van der Waals surface area contributed by atoms with Crippen LogP contribution in [0.25, 0.3) is 0 Å². The Hall–Kier alpha value is -0.750. The Labute approximate surface area is 93.3 Å². The minimum Gasteiger partial charge on any atom is -0.480 e. The number of carboxylic acid groups (broad SMARTS) is 1. The molecule has 0 heterocycles. The topological polar surface area (TPSA) is 102 Å². The van der Waals surface area contributed by atoms with Crippen molar-refractivity contribution in [3.8, 4) is 0 Å². The van der Waals surface area contributed by atoms with E-state index in [0.717, 1.165) is 0 Å². The molecule has 0 spiro atoms. The average Bonchev–Trinajstić information content (AvgIpc) is 2.95. The molecule has 0 amide bonds. The van der Waals surface area contributed by atoms with Gasteiger partial charge in [0.25, 0.3) is 0 Å². The highest BCUT2D eigenvalue weighted by Crippen LogP contribution is 2.33. The van der Waals surface area contributed by atoms with Gasteiger partial charge in [-0.3, -0.25) is 9.79 Å². The van der Waals surface area contributed by atoms with Gasteiger partial charge >= 0.3 is 5.97 Å². The zero-order valence-electron chi connectivity index (χ0n) is 8.56. The molecule has 15 heavy (non-hydrogen) atoms. The highest BCUT2D eigenvalue weighted by atomic mass is 32.2. The Morgan fingerprint density at radius 2 is 2.27 bits per heavy atom. The molecule has 0 aromatic heterocycles. The van der Waals surface area contributed by atoms with Gasteiger partial charge in [-0.2, -0.15) is 0 Å². The molecule has 5 nitrogen and oxygen atoms in total. The Morgan fingerprint density at radius 3 is 2.80 bits per heavy atom. The second kappa shape index (κ2) is 5.97. The lowest BCUT2D eigenvalue weighted by Gasteiger charge is -2.04. The third kappa shape index (κ3) is 5.64. The lowest BCUT2D eigenvalue weighted by molar-refractivity contribution is -0.138. The number of aliphatic carboxylic acids is 1. The van der Waals surface area contributed by atoms with E-state index in [1.165, 1.54) is 12.8 Å². The standard InChI is InChI=1S/C9H17N3O2S/c10-7(8(13)14)2-1-5-12-9(11)15-6-3-4-6/h6-7H,1-5,10H2,(H2,11,12)(H,13,14)/t7-/m0/s1. The van der Waals surface area contributed by atoms with Gasteiger partial charge in [0.2, 0.25) is 0 Å². The van der Waals surface area contributed by atoms with Gasteiger partial charge in [0.15, 0.2) is 5.17 Å². The first-order valence-electron chi connectivity index (χ1n) is 5.04. The summed E-state index contributed by atoms with van der Waals surface area (Å²) in [6.07, 6.45) is 3.56. The van der Waals surface area contributed by atoms with Gasteiger partial charge in [-0.15, -0.1) is 0 Å². The van der Waals surface area contributed by atoms with Crippen molar-refractivity contribution >= 4 is 22.9 Å². The van der Waals surface area contributed by atoms with Crippen LogP contribution in [0.1, 0.15) is 25.7 Å². The van der Waals surface area contributed by atoms with Crippen LogP contribution in [0.3, 0.4) is 0 Å². The number of carbonyl (C=O) groups is 1. The van der Waals surface area contributed by atoms with E-state index in [0.29, 0.717) is 29.8 Å². The predicted octanol–water partition coefficient (Wildman–Crippen LogP) is 0.389. The van der Waals surface area contributed by atoms with Crippen LogP contribution in [0.4, 0.5) is 0 Å². The van der Waals surface area contributed by atoms with E-state index >= 15 is 0 Å². The van der Waals surface area contributed by atoms with Gasteiger partial charge in [-0.25, -0.2) is 0 Å². The molecule has 1 fully saturated rings. The summed E-state index contributed by atoms with van der Waals surface area (Å²) in [6.45, 7) is 0.562. The van der Waals surface area contributed by atoms with Crippen LogP contribution in [0.15, 0.2) is 4.99 Å². The number of carboxylic acids is 1. The molecule has 0 radical (unpaired) electrons. The lowest BCUT2D eigenvalue weighted by atomic mass is 10.2. The maximum absolute atomic E-state index is 10.4. The van der Waals surface area contributed by atoms with Gasteiger partial charge in [0, 0.05) is 11.8 Å². The molecule has 0 aromatic carbocycles. The summed E-state index contributed by atoms with van der Waals surface area (Å²) < 4.78 is 0. The molecule has 1 saturated carbocycles. The fraction of sp³-hybridized carbons (Fsp3) is 0.778. The fourth-order valence-electron chi connectivity index (χ4n) is 1.02. The number of hydrogen-bond donors (Lipinski definition) is 3. The number of amidine groups is 1. The maximum Gasteiger partial charge on any atom is 0.320 e. The van der Waals surface area contributed by atoms with Gasteiger partial charge in [0.1, 0.15) is 6.04 Å². The molecule has 1 aliphatic rings. The summed E-state index contributed by atoms with van der Waals surface area (Å²) in [5.74, 6) is -0.959. The van der Waals surface area contributed by atoms with E-state index in [2.05, 4.69) is 4.99 Å². The normalized spacial score (nSPS) is 18.9. The van der Waals surface area contributed by atoms with E-state index in [9.17, 15) is 4.79 Å². The van der Waals surface area contributed by atoms with Crippen molar-refractivity contribution in [1.29, 1.82) is 0 Å². The van der Waals surface area contributed by atoms with Crippen LogP contribution in [0.2, 0.25) is 0 Å². The SMILES string of the molecule is NC(=NCCC[C@H](N)C(=O)O)SC1CC1. The average molecular weight is 231 g/mol. The van der Waals surface area contributed by atoms with Crippen molar-refractivity contribution in [2.75, 3.05) is 6.54 Å². The first-order chi connectivity index (χ1) is 7.09. The number of hydrogen-bond acceptors (Lipinski definition) is 4. The van der Waals surface area contributed by atoms with E-state index in [1.807, 2.05) is 0 Å². The highest BCUT2D eigenvalue weighted by Gasteiger charge is 2.23. The lowest BCUT2D eigenvalue weighted by Crippen LogP contribution is -2.30. The molecule has 1 aliphatic carbocycles. The Morgan fingerprint density at radius 1 is 1.60 bits per heavy atom. The summed E-state index contributed by atoms with van der Waals surface area (Å²) in [5.41, 5.74) is 11.0. The molecule has 1 atom stereocenters. The molecule has 0 bridgehead atoms. The van der Waals surface area contributed by atoms with Crippen molar-refractivity contribution in [3.63, 3.8) is 0 Å². The van der Waals surface area contributed by atoms with Crippen molar-refractivity contribution in [1.82, 2.24) is 0 Å². The molecule has 0 aliphatic heterocycles. The van der Waals surface area contributed by atoms with Gasteiger partial charge in [-0.05, 0) is 25.7 Å². The van der Waals surface area contributed by atoms with Gasteiger partial charge in [-0.1, -0.05) is 11.8 Å². The van der Waals surface area contributed by atoms with E-state index in [-0.39, 0.29) is 0 Å². The van der Waals surface area contributed by atoms with Crippen LogP contribution < -0.4 is 11.5 Å². The van der Waals surface area contributed by atoms with Gasteiger partial charge in [0.05, 0.1) is 0 Å².